The largest absolute Gasteiger partial charge is 0.456 e. The number of hydrogen-bond donors (Lipinski definition) is 0. The molecule has 58 heavy (non-hydrogen) atoms. The van der Waals surface area contributed by atoms with Crippen molar-refractivity contribution in [3.63, 3.8) is 0 Å². The van der Waals surface area contributed by atoms with Crippen LogP contribution in [0.15, 0.2) is 229 Å². The van der Waals surface area contributed by atoms with Gasteiger partial charge in [-0.1, -0.05) is 170 Å². The first-order valence-electron chi connectivity index (χ1n) is 19.8. The molecule has 0 saturated heterocycles. The molecular formula is C56H37NO. The van der Waals surface area contributed by atoms with Crippen molar-refractivity contribution in [1.29, 1.82) is 0 Å². The Kier molecular flexibility index (Phi) is 8.19. The van der Waals surface area contributed by atoms with Crippen molar-refractivity contribution < 1.29 is 4.42 Å². The first-order chi connectivity index (χ1) is 28.7. The van der Waals surface area contributed by atoms with E-state index in [2.05, 4.69) is 223 Å². The van der Waals surface area contributed by atoms with Crippen LogP contribution in [0.5, 0.6) is 0 Å². The third-order valence-electron chi connectivity index (χ3n) is 11.5. The number of benzene rings is 10. The molecule has 2 heteroatoms. The van der Waals surface area contributed by atoms with E-state index < -0.39 is 0 Å². The third-order valence-corrected chi connectivity index (χ3v) is 11.5. The summed E-state index contributed by atoms with van der Waals surface area (Å²) in [6.07, 6.45) is 0. The van der Waals surface area contributed by atoms with Gasteiger partial charge in [0.1, 0.15) is 11.2 Å². The number of rotatable bonds is 7. The molecule has 0 bridgehead atoms. The summed E-state index contributed by atoms with van der Waals surface area (Å²) in [6, 6.07) is 80.7. The van der Waals surface area contributed by atoms with Gasteiger partial charge in [0.15, 0.2) is 0 Å². The van der Waals surface area contributed by atoms with Crippen molar-refractivity contribution >= 4 is 60.5 Å². The summed E-state index contributed by atoms with van der Waals surface area (Å²) in [5.41, 5.74) is 14.5. The fourth-order valence-corrected chi connectivity index (χ4v) is 8.61. The highest BCUT2D eigenvalue weighted by molar-refractivity contribution is 6.22. The SMILES string of the molecule is c1ccc(-c2ccc(N(c3ccc(-c4ccc5c(c4)c(-c4ccc6ccccc6c4)cc4oc6ccccc6c45)cc3)c3ccccc3-c3ccccc3)cc2)cc1. The molecule has 0 unspecified atom stereocenters. The Bertz CT molecular complexity index is 3250. The van der Waals surface area contributed by atoms with Gasteiger partial charge < -0.3 is 9.32 Å². The maximum absolute atomic E-state index is 6.49. The third kappa shape index (κ3) is 5.91. The van der Waals surface area contributed by atoms with Crippen LogP contribution in [0.2, 0.25) is 0 Å². The van der Waals surface area contributed by atoms with Crippen molar-refractivity contribution in [2.75, 3.05) is 4.90 Å². The second-order valence-electron chi connectivity index (χ2n) is 14.9. The summed E-state index contributed by atoms with van der Waals surface area (Å²) in [4.78, 5) is 2.37. The van der Waals surface area contributed by atoms with E-state index in [0.29, 0.717) is 0 Å². The molecule has 1 heterocycles. The number of para-hydroxylation sites is 2. The molecule has 11 aromatic rings. The lowest BCUT2D eigenvalue weighted by atomic mass is 9.91. The van der Waals surface area contributed by atoms with E-state index in [1.165, 1.54) is 49.4 Å². The molecule has 0 spiro atoms. The molecule has 10 aromatic carbocycles. The van der Waals surface area contributed by atoms with Crippen LogP contribution in [0.25, 0.3) is 88.0 Å². The van der Waals surface area contributed by atoms with Gasteiger partial charge in [-0.25, -0.2) is 0 Å². The zero-order valence-electron chi connectivity index (χ0n) is 31.7. The zero-order chi connectivity index (χ0) is 38.4. The van der Waals surface area contributed by atoms with Crippen LogP contribution in [-0.2, 0) is 0 Å². The lowest BCUT2D eigenvalue weighted by Crippen LogP contribution is -2.11. The van der Waals surface area contributed by atoms with E-state index >= 15 is 0 Å². The van der Waals surface area contributed by atoms with Gasteiger partial charge in [0.05, 0.1) is 5.69 Å². The maximum atomic E-state index is 6.49. The Morgan fingerprint density at radius 2 is 0.862 bits per heavy atom. The average Bonchev–Trinajstić information content (AvgIpc) is 3.68. The van der Waals surface area contributed by atoms with Crippen molar-refractivity contribution in [3.05, 3.63) is 224 Å². The Hall–Kier alpha value is -7.68. The summed E-state index contributed by atoms with van der Waals surface area (Å²) in [5, 5.41) is 7.13. The zero-order valence-corrected chi connectivity index (χ0v) is 31.7. The molecule has 272 valence electrons. The Morgan fingerprint density at radius 3 is 1.62 bits per heavy atom. The van der Waals surface area contributed by atoms with E-state index in [1.54, 1.807) is 0 Å². The van der Waals surface area contributed by atoms with Crippen LogP contribution in [0.4, 0.5) is 17.1 Å². The van der Waals surface area contributed by atoms with Gasteiger partial charge in [0.25, 0.3) is 0 Å². The number of fused-ring (bicyclic) bond motifs is 6. The Morgan fingerprint density at radius 1 is 0.293 bits per heavy atom. The topological polar surface area (TPSA) is 16.4 Å². The minimum absolute atomic E-state index is 0.904. The lowest BCUT2D eigenvalue weighted by molar-refractivity contribution is 0.669. The van der Waals surface area contributed by atoms with Gasteiger partial charge in [-0.2, -0.15) is 0 Å². The number of hydrogen-bond acceptors (Lipinski definition) is 2. The first kappa shape index (κ1) is 33.6. The fraction of sp³-hybridized carbons (Fsp3) is 0. The summed E-state index contributed by atoms with van der Waals surface area (Å²) >= 11 is 0. The van der Waals surface area contributed by atoms with E-state index in [4.69, 9.17) is 4.42 Å². The van der Waals surface area contributed by atoms with Gasteiger partial charge >= 0.3 is 0 Å². The standard InChI is InChI=1S/C56H37NO/c1-3-13-38(14-4-1)40-25-30-46(31-26-40)57(53-21-11-9-19-48(53)42-16-5-2-6-17-42)47-32-27-41(28-33-47)44-29-34-49-52(36-44)51(45-24-23-39-15-7-8-18-43(39)35-45)37-55-56(49)50-20-10-12-22-54(50)58-55/h1-37H. The van der Waals surface area contributed by atoms with E-state index in [0.717, 1.165) is 55.7 Å². The highest BCUT2D eigenvalue weighted by Gasteiger charge is 2.19. The predicted molar refractivity (Wildman–Crippen MR) is 245 cm³/mol. The molecule has 0 amide bonds. The molecule has 0 fully saturated rings. The second-order valence-corrected chi connectivity index (χ2v) is 14.9. The Labute approximate surface area is 337 Å². The predicted octanol–water partition coefficient (Wildman–Crippen LogP) is 16.0. The van der Waals surface area contributed by atoms with Gasteiger partial charge in [-0.3, -0.25) is 0 Å². The molecule has 2 nitrogen and oxygen atoms in total. The fourth-order valence-electron chi connectivity index (χ4n) is 8.61. The Balaban J connectivity index is 1.05. The molecule has 0 aliphatic rings. The van der Waals surface area contributed by atoms with Crippen LogP contribution in [0.3, 0.4) is 0 Å². The van der Waals surface area contributed by atoms with Crippen LogP contribution in [-0.4, -0.2) is 0 Å². The lowest BCUT2D eigenvalue weighted by Gasteiger charge is -2.28. The molecule has 0 aliphatic heterocycles. The van der Waals surface area contributed by atoms with Crippen LogP contribution in [0.1, 0.15) is 0 Å². The van der Waals surface area contributed by atoms with Crippen molar-refractivity contribution in [2.45, 2.75) is 0 Å². The van der Waals surface area contributed by atoms with E-state index in [1.807, 2.05) is 6.07 Å². The van der Waals surface area contributed by atoms with E-state index in [-0.39, 0.29) is 0 Å². The van der Waals surface area contributed by atoms with Gasteiger partial charge in [-0.15, -0.1) is 0 Å². The highest BCUT2D eigenvalue weighted by atomic mass is 16.3. The molecule has 0 N–H and O–H groups in total. The van der Waals surface area contributed by atoms with Gasteiger partial charge in [0.2, 0.25) is 0 Å². The molecule has 0 radical (unpaired) electrons. The highest BCUT2D eigenvalue weighted by Crippen LogP contribution is 2.44. The molecule has 0 saturated carbocycles. The second kappa shape index (κ2) is 14.1. The minimum Gasteiger partial charge on any atom is -0.456 e. The normalized spacial score (nSPS) is 11.4. The van der Waals surface area contributed by atoms with Crippen molar-refractivity contribution in [3.8, 4) is 44.5 Å². The summed E-state index contributed by atoms with van der Waals surface area (Å²) in [5.74, 6) is 0. The van der Waals surface area contributed by atoms with Crippen LogP contribution >= 0.6 is 0 Å². The number of furan rings is 1. The quantitative estimate of drug-likeness (QED) is 0.162. The average molecular weight is 740 g/mol. The number of anilines is 3. The molecule has 1 aromatic heterocycles. The van der Waals surface area contributed by atoms with Crippen LogP contribution in [0, 0.1) is 0 Å². The smallest absolute Gasteiger partial charge is 0.136 e. The van der Waals surface area contributed by atoms with Gasteiger partial charge in [-0.05, 0) is 115 Å². The molecule has 0 atom stereocenters. The van der Waals surface area contributed by atoms with Crippen molar-refractivity contribution in [1.82, 2.24) is 0 Å². The maximum Gasteiger partial charge on any atom is 0.136 e. The summed E-state index contributed by atoms with van der Waals surface area (Å²) in [7, 11) is 0. The summed E-state index contributed by atoms with van der Waals surface area (Å²) in [6.45, 7) is 0. The molecule has 11 rings (SSSR count). The first-order valence-corrected chi connectivity index (χ1v) is 19.8. The summed E-state index contributed by atoms with van der Waals surface area (Å²) < 4.78 is 6.49. The van der Waals surface area contributed by atoms with Crippen LogP contribution < -0.4 is 4.90 Å². The molecular weight excluding hydrogens is 703 g/mol. The van der Waals surface area contributed by atoms with Gasteiger partial charge in [0, 0.05) is 27.7 Å². The van der Waals surface area contributed by atoms with E-state index in [9.17, 15) is 0 Å². The number of nitrogens with zero attached hydrogens (tertiary/aromatic N) is 1. The minimum atomic E-state index is 0.904. The monoisotopic (exact) mass is 739 g/mol. The molecule has 0 aliphatic carbocycles. The van der Waals surface area contributed by atoms with Crippen molar-refractivity contribution in [2.24, 2.45) is 0 Å².